The summed E-state index contributed by atoms with van der Waals surface area (Å²) < 4.78 is 5.31. The highest BCUT2D eigenvalue weighted by Gasteiger charge is 2.33. The number of carbonyl (C=O) groups is 2. The van der Waals surface area contributed by atoms with E-state index in [0.717, 1.165) is 59.5 Å². The molecule has 3 amide bonds. The van der Waals surface area contributed by atoms with E-state index in [2.05, 4.69) is 22.8 Å². The van der Waals surface area contributed by atoms with Gasteiger partial charge in [0.05, 0.1) is 26.3 Å². The molecule has 7 nitrogen and oxygen atoms in total. The zero-order valence-corrected chi connectivity index (χ0v) is 24.5. The van der Waals surface area contributed by atoms with Crippen molar-refractivity contribution in [2.75, 3.05) is 23.9 Å². The first-order valence-corrected chi connectivity index (χ1v) is 14.9. The Morgan fingerprint density at radius 2 is 1.51 bits per heavy atom. The molecule has 1 fully saturated rings. The maximum absolute atomic E-state index is 13.5. The molecular formula is C36H39N3O4. The first kappa shape index (κ1) is 29.9. The van der Waals surface area contributed by atoms with Crippen LogP contribution in [0.15, 0.2) is 109 Å². The molecule has 5 rings (SSSR count). The lowest BCUT2D eigenvalue weighted by Crippen LogP contribution is -2.39. The minimum atomic E-state index is -0.426. The minimum Gasteiger partial charge on any atom is -0.497 e. The number of nitrogens with zero attached hydrogens (tertiary/aromatic N) is 1. The lowest BCUT2D eigenvalue weighted by Gasteiger charge is -2.32. The van der Waals surface area contributed by atoms with Crippen LogP contribution in [-0.2, 0) is 11.3 Å². The number of amides is 3. The highest BCUT2D eigenvalue weighted by atomic mass is 16.5. The molecule has 0 heterocycles. The van der Waals surface area contributed by atoms with Crippen molar-refractivity contribution >= 4 is 23.3 Å². The predicted octanol–water partition coefficient (Wildman–Crippen LogP) is 7.06. The Labute approximate surface area is 253 Å². The van der Waals surface area contributed by atoms with E-state index in [0.29, 0.717) is 6.54 Å². The molecule has 222 valence electrons. The Morgan fingerprint density at radius 1 is 0.860 bits per heavy atom. The van der Waals surface area contributed by atoms with Crippen molar-refractivity contribution < 1.29 is 19.4 Å². The summed E-state index contributed by atoms with van der Waals surface area (Å²) in [6.45, 7) is 0.222. The van der Waals surface area contributed by atoms with Crippen molar-refractivity contribution in [1.82, 2.24) is 5.32 Å². The van der Waals surface area contributed by atoms with Crippen LogP contribution in [0, 0.1) is 5.92 Å². The van der Waals surface area contributed by atoms with Crippen LogP contribution in [0.4, 0.5) is 16.2 Å². The Kier molecular flexibility index (Phi) is 10.1. The van der Waals surface area contributed by atoms with E-state index in [1.54, 1.807) is 12.0 Å². The number of para-hydroxylation sites is 1. The van der Waals surface area contributed by atoms with Gasteiger partial charge in [0.25, 0.3) is 0 Å². The minimum absolute atomic E-state index is 0.0139. The molecule has 0 aromatic heterocycles. The molecule has 0 aliphatic heterocycles. The zero-order valence-electron chi connectivity index (χ0n) is 24.5. The lowest BCUT2D eigenvalue weighted by atomic mass is 9.74. The maximum atomic E-state index is 13.5. The molecule has 3 atom stereocenters. The van der Waals surface area contributed by atoms with Crippen LogP contribution < -0.4 is 20.3 Å². The second-order valence-electron chi connectivity index (χ2n) is 11.0. The quantitative estimate of drug-likeness (QED) is 0.188. The number of urea groups is 1. The van der Waals surface area contributed by atoms with Crippen LogP contribution in [0.25, 0.3) is 0 Å². The molecule has 43 heavy (non-hydrogen) atoms. The number of hydrogen-bond donors (Lipinski definition) is 3. The van der Waals surface area contributed by atoms with Gasteiger partial charge in [-0.15, -0.1) is 0 Å². The normalized spacial score (nSPS) is 17.0. The van der Waals surface area contributed by atoms with Gasteiger partial charge in [-0.05, 0) is 71.8 Å². The SMILES string of the molecule is COc1ccc(N(Cc2ccc([C@@H]3CCCCC3C(=O)NC(CO)c3ccccc3)cc2)C(=O)Nc2ccccc2)cc1. The van der Waals surface area contributed by atoms with Crippen molar-refractivity contribution in [2.45, 2.75) is 44.2 Å². The molecule has 4 aromatic carbocycles. The largest absolute Gasteiger partial charge is 0.497 e. The fourth-order valence-corrected chi connectivity index (χ4v) is 5.85. The van der Waals surface area contributed by atoms with Gasteiger partial charge in [0.2, 0.25) is 5.91 Å². The van der Waals surface area contributed by atoms with Crippen molar-refractivity contribution in [3.8, 4) is 5.75 Å². The van der Waals surface area contributed by atoms with Gasteiger partial charge < -0.3 is 20.5 Å². The summed E-state index contributed by atoms with van der Waals surface area (Å²) in [6, 6.07) is 34.0. The highest BCUT2D eigenvalue weighted by molar-refractivity contribution is 6.01. The van der Waals surface area contributed by atoms with Gasteiger partial charge in [-0.2, -0.15) is 0 Å². The molecular weight excluding hydrogens is 538 g/mol. The third-order valence-corrected chi connectivity index (χ3v) is 8.21. The molecule has 2 unspecified atom stereocenters. The van der Waals surface area contributed by atoms with Crippen molar-refractivity contribution in [3.63, 3.8) is 0 Å². The number of nitrogens with one attached hydrogen (secondary N) is 2. The zero-order chi connectivity index (χ0) is 30.0. The number of aliphatic hydroxyl groups is 1. The molecule has 0 bridgehead atoms. The molecule has 1 aliphatic carbocycles. The molecule has 1 aliphatic rings. The third-order valence-electron chi connectivity index (χ3n) is 8.21. The van der Waals surface area contributed by atoms with E-state index >= 15 is 0 Å². The summed E-state index contributed by atoms with van der Waals surface area (Å²) in [5, 5.41) is 16.1. The molecule has 0 radical (unpaired) electrons. The second kappa shape index (κ2) is 14.5. The monoisotopic (exact) mass is 577 g/mol. The number of benzene rings is 4. The fraction of sp³-hybridized carbons (Fsp3) is 0.278. The molecule has 1 saturated carbocycles. The number of ether oxygens (including phenoxy) is 1. The van der Waals surface area contributed by atoms with Crippen LogP contribution in [0.2, 0.25) is 0 Å². The average Bonchev–Trinajstić information content (AvgIpc) is 3.07. The van der Waals surface area contributed by atoms with Crippen LogP contribution in [-0.4, -0.2) is 30.8 Å². The Morgan fingerprint density at radius 3 is 2.16 bits per heavy atom. The number of anilines is 2. The summed E-state index contributed by atoms with van der Waals surface area (Å²) in [5.74, 6) is 0.637. The van der Waals surface area contributed by atoms with E-state index in [1.807, 2.05) is 97.1 Å². The highest BCUT2D eigenvalue weighted by Crippen LogP contribution is 2.38. The van der Waals surface area contributed by atoms with Crippen LogP contribution >= 0.6 is 0 Å². The van der Waals surface area contributed by atoms with E-state index < -0.39 is 6.04 Å². The first-order chi connectivity index (χ1) is 21.1. The summed E-state index contributed by atoms with van der Waals surface area (Å²) >= 11 is 0. The third kappa shape index (κ3) is 7.62. The molecule has 4 aromatic rings. The van der Waals surface area contributed by atoms with Gasteiger partial charge in [-0.25, -0.2) is 4.79 Å². The maximum Gasteiger partial charge on any atom is 0.326 e. The Hall–Kier alpha value is -4.62. The molecule has 7 heteroatoms. The van der Waals surface area contributed by atoms with Crippen molar-refractivity contribution in [1.29, 1.82) is 0 Å². The van der Waals surface area contributed by atoms with Crippen LogP contribution in [0.1, 0.15) is 54.3 Å². The van der Waals surface area contributed by atoms with Gasteiger partial charge in [0.1, 0.15) is 5.75 Å². The van der Waals surface area contributed by atoms with Gasteiger partial charge in [-0.3, -0.25) is 9.69 Å². The molecule has 3 N–H and O–H groups in total. The van der Waals surface area contributed by atoms with E-state index in [4.69, 9.17) is 4.74 Å². The fourth-order valence-electron chi connectivity index (χ4n) is 5.85. The smallest absolute Gasteiger partial charge is 0.326 e. The molecule has 0 saturated heterocycles. The van der Waals surface area contributed by atoms with Crippen LogP contribution in [0.3, 0.4) is 0 Å². The van der Waals surface area contributed by atoms with Crippen molar-refractivity contribution in [2.24, 2.45) is 5.92 Å². The predicted molar refractivity (Wildman–Crippen MR) is 170 cm³/mol. The number of methoxy groups -OCH3 is 1. The van der Waals surface area contributed by atoms with E-state index in [1.165, 1.54) is 0 Å². The summed E-state index contributed by atoms with van der Waals surface area (Å²) in [5.41, 5.74) is 4.46. The standard InChI is InChI=1S/C36H39N3O4/c1-43-31-22-20-30(21-23-31)39(36(42)37-29-12-6-3-7-13-29)24-26-16-18-27(19-17-26)32-14-8-9-15-33(32)35(41)38-34(25-40)28-10-4-2-5-11-28/h2-7,10-13,16-23,32-34,40H,8-9,14-15,24-25H2,1H3,(H,37,42)(H,38,41)/t32-,33?,34?/m0/s1. The first-order valence-electron chi connectivity index (χ1n) is 14.9. The Bertz CT molecular complexity index is 1460. The summed E-state index contributed by atoms with van der Waals surface area (Å²) in [6.07, 6.45) is 3.83. The van der Waals surface area contributed by atoms with E-state index in [9.17, 15) is 14.7 Å². The Balaban J connectivity index is 1.32. The van der Waals surface area contributed by atoms with Crippen LogP contribution in [0.5, 0.6) is 5.75 Å². The summed E-state index contributed by atoms with van der Waals surface area (Å²) in [4.78, 5) is 28.6. The second-order valence-corrected chi connectivity index (χ2v) is 11.0. The summed E-state index contributed by atoms with van der Waals surface area (Å²) in [7, 11) is 1.62. The number of carbonyl (C=O) groups excluding carboxylic acids is 2. The number of hydrogen-bond acceptors (Lipinski definition) is 4. The van der Waals surface area contributed by atoms with Gasteiger partial charge >= 0.3 is 6.03 Å². The van der Waals surface area contributed by atoms with Gasteiger partial charge in [-0.1, -0.05) is 85.6 Å². The average molecular weight is 578 g/mol. The van der Waals surface area contributed by atoms with E-state index in [-0.39, 0.29) is 30.4 Å². The van der Waals surface area contributed by atoms with Gasteiger partial charge in [0, 0.05) is 17.3 Å². The topological polar surface area (TPSA) is 90.9 Å². The lowest BCUT2D eigenvalue weighted by molar-refractivity contribution is -0.127. The number of aliphatic hydroxyl groups excluding tert-OH is 1. The van der Waals surface area contributed by atoms with Gasteiger partial charge in [0.15, 0.2) is 0 Å². The number of rotatable bonds is 10. The van der Waals surface area contributed by atoms with Crippen molar-refractivity contribution in [3.05, 3.63) is 126 Å². The molecule has 0 spiro atoms.